The minimum Gasteiger partial charge on any atom is -0.381 e. The van der Waals surface area contributed by atoms with Crippen molar-refractivity contribution in [3.05, 3.63) is 33.9 Å². The maximum Gasteiger partial charge on any atom is 0.0498 e. The third-order valence-corrected chi connectivity index (χ3v) is 9.01. The molecule has 1 aromatic rings. The summed E-state index contributed by atoms with van der Waals surface area (Å²) in [6.07, 6.45) is 9.48. The van der Waals surface area contributed by atoms with Crippen molar-refractivity contribution in [1.29, 1.82) is 0 Å². The number of hydrogen-bond donors (Lipinski definition) is 1. The lowest BCUT2D eigenvalue weighted by Gasteiger charge is -2.42. The fourth-order valence-electron chi connectivity index (χ4n) is 6.70. The second kappa shape index (κ2) is 7.98. The molecule has 3 heteroatoms. The van der Waals surface area contributed by atoms with Gasteiger partial charge in [-0.2, -0.15) is 0 Å². The third kappa shape index (κ3) is 3.79. The van der Waals surface area contributed by atoms with Crippen LogP contribution < -0.4 is 5.32 Å². The highest BCUT2D eigenvalue weighted by molar-refractivity contribution is 5.46. The van der Waals surface area contributed by atoms with Gasteiger partial charge in [0, 0.05) is 32.3 Å². The van der Waals surface area contributed by atoms with Crippen molar-refractivity contribution in [1.82, 2.24) is 10.2 Å². The van der Waals surface area contributed by atoms with Crippen LogP contribution in [0.15, 0.2) is 6.07 Å². The number of likely N-dealkylation sites (tertiary alicyclic amines) is 1. The number of piperidine rings is 1. The fourth-order valence-corrected chi connectivity index (χ4v) is 6.70. The van der Waals surface area contributed by atoms with Crippen molar-refractivity contribution in [3.63, 3.8) is 0 Å². The number of nitrogens with one attached hydrogen (secondary N) is 1. The molecule has 5 rings (SSSR count). The van der Waals surface area contributed by atoms with Gasteiger partial charge < -0.3 is 15.0 Å². The molecule has 1 saturated carbocycles. The largest absolute Gasteiger partial charge is 0.381 e. The third-order valence-electron chi connectivity index (χ3n) is 9.01. The first kappa shape index (κ1) is 20.0. The van der Waals surface area contributed by atoms with Crippen molar-refractivity contribution in [3.8, 4) is 0 Å². The normalized spacial score (nSPS) is 30.2. The Hall–Kier alpha value is -0.900. The van der Waals surface area contributed by atoms with Crippen molar-refractivity contribution < 1.29 is 4.74 Å². The molecule has 3 heterocycles. The van der Waals surface area contributed by atoms with Gasteiger partial charge in [0.05, 0.1) is 0 Å². The summed E-state index contributed by atoms with van der Waals surface area (Å²) >= 11 is 0. The summed E-state index contributed by atoms with van der Waals surface area (Å²) in [6.45, 7) is 14.1. The van der Waals surface area contributed by atoms with Gasteiger partial charge in [-0.3, -0.25) is 0 Å². The zero-order valence-electron chi connectivity index (χ0n) is 18.9. The van der Waals surface area contributed by atoms with Gasteiger partial charge in [0.25, 0.3) is 0 Å². The van der Waals surface area contributed by atoms with E-state index in [9.17, 15) is 0 Å². The minimum atomic E-state index is 0.670. The number of hydrogen-bond acceptors (Lipinski definition) is 3. The summed E-state index contributed by atoms with van der Waals surface area (Å²) in [6, 6.07) is 3.41. The van der Waals surface area contributed by atoms with Crippen LogP contribution in [0.25, 0.3) is 0 Å². The van der Waals surface area contributed by atoms with E-state index in [1.807, 2.05) is 0 Å². The Labute approximate surface area is 177 Å². The van der Waals surface area contributed by atoms with Crippen LogP contribution in [0.3, 0.4) is 0 Å². The minimum absolute atomic E-state index is 0.670. The van der Waals surface area contributed by atoms with Gasteiger partial charge in [-0.15, -0.1) is 0 Å². The molecule has 0 amide bonds. The standard InChI is InChI=1S/C26H40N2O/c1-18-12-25(24(20(3)19(18)2)13-21-7-11-29-15-21)22-5-9-28(10-6-22)23-4-8-26(14-23)16-27-17-26/h12,21-23,27H,4-11,13-17H2,1-3H3/t21?,23-/m1/s1. The maximum absolute atomic E-state index is 5.70. The van der Waals surface area contributed by atoms with Crippen LogP contribution in [0.4, 0.5) is 0 Å². The van der Waals surface area contributed by atoms with Crippen molar-refractivity contribution in [2.45, 2.75) is 77.7 Å². The zero-order chi connectivity index (χ0) is 20.0. The summed E-state index contributed by atoms with van der Waals surface area (Å²) in [5.41, 5.74) is 8.57. The Morgan fingerprint density at radius 1 is 1.07 bits per heavy atom. The lowest BCUT2D eigenvalue weighted by atomic mass is 9.79. The molecule has 3 saturated heterocycles. The molecular formula is C26H40N2O. The Bertz CT molecular complexity index is 740. The molecule has 4 aliphatic rings. The van der Waals surface area contributed by atoms with Crippen LogP contribution in [0.2, 0.25) is 0 Å². The van der Waals surface area contributed by atoms with Gasteiger partial charge in [0.15, 0.2) is 0 Å². The maximum atomic E-state index is 5.70. The van der Waals surface area contributed by atoms with E-state index in [1.165, 1.54) is 82.3 Å². The van der Waals surface area contributed by atoms with Gasteiger partial charge in [-0.1, -0.05) is 6.07 Å². The molecule has 3 aliphatic heterocycles. The van der Waals surface area contributed by atoms with Gasteiger partial charge in [-0.25, -0.2) is 0 Å². The van der Waals surface area contributed by atoms with E-state index in [1.54, 1.807) is 16.7 Å². The van der Waals surface area contributed by atoms with Crippen molar-refractivity contribution in [2.24, 2.45) is 11.3 Å². The number of aryl methyl sites for hydroxylation is 1. The molecule has 0 bridgehead atoms. The molecule has 3 nitrogen and oxygen atoms in total. The predicted molar refractivity (Wildman–Crippen MR) is 120 cm³/mol. The summed E-state index contributed by atoms with van der Waals surface area (Å²) in [4.78, 5) is 2.85. The number of rotatable bonds is 4. The average Bonchev–Trinajstić information content (AvgIpc) is 3.38. The van der Waals surface area contributed by atoms with Crippen LogP contribution in [0.5, 0.6) is 0 Å². The summed E-state index contributed by atoms with van der Waals surface area (Å²) in [5.74, 6) is 1.47. The summed E-state index contributed by atoms with van der Waals surface area (Å²) < 4.78 is 5.70. The molecule has 1 aromatic carbocycles. The quantitative estimate of drug-likeness (QED) is 0.810. The average molecular weight is 397 g/mol. The SMILES string of the molecule is Cc1cc(C2CCN([C@@H]3CCC4(CNC4)C3)CC2)c(CC2CCOC2)c(C)c1C. The lowest BCUT2D eigenvalue weighted by molar-refractivity contribution is 0.120. The highest BCUT2D eigenvalue weighted by atomic mass is 16.5. The fraction of sp³-hybridized carbons (Fsp3) is 0.769. The molecule has 4 fully saturated rings. The Balaban J connectivity index is 1.29. The van der Waals surface area contributed by atoms with E-state index < -0.39 is 0 Å². The Morgan fingerprint density at radius 2 is 1.86 bits per heavy atom. The highest BCUT2D eigenvalue weighted by Gasteiger charge is 2.45. The molecule has 0 aromatic heterocycles. The van der Waals surface area contributed by atoms with E-state index in [4.69, 9.17) is 4.74 Å². The zero-order valence-corrected chi connectivity index (χ0v) is 18.9. The Kier molecular flexibility index (Phi) is 5.51. The van der Waals surface area contributed by atoms with Gasteiger partial charge in [0.1, 0.15) is 0 Å². The smallest absolute Gasteiger partial charge is 0.0498 e. The molecule has 2 atom stereocenters. The molecule has 1 unspecified atom stereocenters. The topological polar surface area (TPSA) is 24.5 Å². The van der Waals surface area contributed by atoms with E-state index in [-0.39, 0.29) is 0 Å². The monoisotopic (exact) mass is 396 g/mol. The molecule has 1 spiro atoms. The predicted octanol–water partition coefficient (Wildman–Crippen LogP) is 4.51. The van der Waals surface area contributed by atoms with E-state index >= 15 is 0 Å². The number of nitrogens with zero attached hydrogens (tertiary/aromatic N) is 1. The summed E-state index contributed by atoms with van der Waals surface area (Å²) in [7, 11) is 0. The second-order valence-electron chi connectivity index (χ2n) is 10.8. The number of ether oxygens (including phenoxy) is 1. The van der Waals surface area contributed by atoms with Crippen molar-refractivity contribution in [2.75, 3.05) is 39.4 Å². The molecule has 1 aliphatic carbocycles. The Morgan fingerprint density at radius 3 is 2.48 bits per heavy atom. The first-order valence-electron chi connectivity index (χ1n) is 12.2. The molecule has 29 heavy (non-hydrogen) atoms. The molecule has 160 valence electrons. The van der Waals surface area contributed by atoms with E-state index in [0.717, 1.165) is 31.1 Å². The first-order chi connectivity index (χ1) is 14.0. The first-order valence-corrected chi connectivity index (χ1v) is 12.2. The second-order valence-corrected chi connectivity index (χ2v) is 10.8. The van der Waals surface area contributed by atoms with Crippen molar-refractivity contribution >= 4 is 0 Å². The van der Waals surface area contributed by atoms with Crippen LogP contribution in [-0.2, 0) is 11.2 Å². The van der Waals surface area contributed by atoms with Gasteiger partial charge >= 0.3 is 0 Å². The van der Waals surface area contributed by atoms with Crippen LogP contribution >= 0.6 is 0 Å². The van der Waals surface area contributed by atoms with Gasteiger partial charge in [-0.05, 0) is 124 Å². The number of benzene rings is 1. The van der Waals surface area contributed by atoms with E-state index in [2.05, 4.69) is 37.1 Å². The van der Waals surface area contributed by atoms with Gasteiger partial charge in [0.2, 0.25) is 0 Å². The molecule has 0 radical (unpaired) electrons. The van der Waals surface area contributed by atoms with E-state index in [0.29, 0.717) is 5.41 Å². The lowest BCUT2D eigenvalue weighted by Crippen LogP contribution is -2.52. The highest BCUT2D eigenvalue weighted by Crippen LogP contribution is 2.45. The van der Waals surface area contributed by atoms with Crippen LogP contribution in [0.1, 0.15) is 72.3 Å². The molecular weight excluding hydrogens is 356 g/mol. The van der Waals surface area contributed by atoms with Crippen LogP contribution in [-0.4, -0.2) is 50.3 Å². The van der Waals surface area contributed by atoms with Crippen LogP contribution in [0, 0.1) is 32.1 Å². The molecule has 1 N–H and O–H groups in total. The summed E-state index contributed by atoms with van der Waals surface area (Å²) in [5, 5.41) is 3.52.